The summed E-state index contributed by atoms with van der Waals surface area (Å²) in [4.78, 5) is 33.6. The number of hydrogen-bond donors (Lipinski definition) is 8. The van der Waals surface area contributed by atoms with E-state index >= 15 is 0 Å². The Morgan fingerprint density at radius 3 is 2.22 bits per heavy atom. The molecule has 8 N–H and O–H groups in total. The Balaban J connectivity index is 3.12. The third kappa shape index (κ3) is 5.63. The van der Waals surface area contributed by atoms with Crippen LogP contribution in [0.3, 0.4) is 0 Å². The van der Waals surface area contributed by atoms with Gasteiger partial charge in [0.1, 0.15) is 49.0 Å². The number of carbonyl (C=O) groups is 3. The van der Waals surface area contributed by atoms with Crippen LogP contribution in [0.2, 0.25) is 0 Å². The van der Waals surface area contributed by atoms with Crippen molar-refractivity contribution in [2.45, 2.75) is 62.0 Å². The third-order valence-electron chi connectivity index (χ3n) is 3.89. The van der Waals surface area contributed by atoms with Crippen molar-refractivity contribution in [2.75, 3.05) is 6.61 Å². The zero-order chi connectivity index (χ0) is 20.9. The van der Waals surface area contributed by atoms with Gasteiger partial charge in [-0.15, -0.1) is 0 Å². The molecule has 1 heterocycles. The molecule has 13 heteroatoms. The van der Waals surface area contributed by atoms with Crippen LogP contribution in [0.4, 0.5) is 0 Å². The number of carboxylic acid groups (broad SMARTS) is 1. The van der Waals surface area contributed by atoms with E-state index in [-0.39, 0.29) is 6.29 Å². The molecular formula is C14H23NO12. The summed E-state index contributed by atoms with van der Waals surface area (Å²) in [5.41, 5.74) is 0. The lowest BCUT2D eigenvalue weighted by Crippen LogP contribution is -2.63. The predicted octanol–water partition coefficient (Wildman–Crippen LogP) is -5.32. The first-order chi connectivity index (χ1) is 12.5. The average molecular weight is 397 g/mol. The van der Waals surface area contributed by atoms with Crippen molar-refractivity contribution in [2.24, 2.45) is 0 Å². The van der Waals surface area contributed by atoms with Crippen molar-refractivity contribution in [1.82, 2.24) is 5.32 Å². The van der Waals surface area contributed by atoms with Crippen LogP contribution >= 0.6 is 0 Å². The fourth-order valence-corrected chi connectivity index (χ4v) is 2.45. The molecule has 1 saturated heterocycles. The molecule has 1 rings (SSSR count). The van der Waals surface area contributed by atoms with E-state index in [1.54, 1.807) is 0 Å². The molecule has 9 atom stereocenters. The van der Waals surface area contributed by atoms with Gasteiger partial charge in [-0.2, -0.15) is 0 Å². The van der Waals surface area contributed by atoms with Crippen molar-refractivity contribution in [1.29, 1.82) is 0 Å². The van der Waals surface area contributed by atoms with Crippen LogP contribution in [-0.4, -0.2) is 116 Å². The fourth-order valence-electron chi connectivity index (χ4n) is 2.45. The zero-order valence-electron chi connectivity index (χ0n) is 14.2. The Morgan fingerprint density at radius 2 is 1.78 bits per heavy atom. The highest BCUT2D eigenvalue weighted by Gasteiger charge is 2.49. The first kappa shape index (κ1) is 23.3. The number of aliphatic hydroxyl groups excluding tert-OH is 6. The molecule has 0 aliphatic carbocycles. The maximum atomic E-state index is 11.3. The number of amides is 1. The van der Waals surface area contributed by atoms with Crippen LogP contribution in [0.1, 0.15) is 6.92 Å². The van der Waals surface area contributed by atoms with E-state index in [4.69, 9.17) is 19.7 Å². The van der Waals surface area contributed by atoms with Crippen molar-refractivity contribution >= 4 is 18.2 Å². The average Bonchev–Trinajstić information content (AvgIpc) is 2.62. The van der Waals surface area contributed by atoms with Crippen LogP contribution in [0.25, 0.3) is 0 Å². The summed E-state index contributed by atoms with van der Waals surface area (Å²) >= 11 is 0. The number of carbonyl (C=O) groups excluding carboxylic acids is 2. The molecular weight excluding hydrogens is 374 g/mol. The van der Waals surface area contributed by atoms with Gasteiger partial charge >= 0.3 is 5.97 Å². The van der Waals surface area contributed by atoms with Crippen LogP contribution < -0.4 is 5.32 Å². The molecule has 0 saturated carbocycles. The first-order valence-electron chi connectivity index (χ1n) is 7.82. The van der Waals surface area contributed by atoms with E-state index < -0.39 is 73.5 Å². The molecule has 1 fully saturated rings. The number of aliphatic hydroxyl groups is 6. The molecule has 1 amide bonds. The van der Waals surface area contributed by atoms with E-state index in [2.05, 4.69) is 5.32 Å². The lowest BCUT2D eigenvalue weighted by Gasteiger charge is -2.41. The number of rotatable bonds is 9. The van der Waals surface area contributed by atoms with E-state index in [0.29, 0.717) is 0 Å². The maximum absolute atomic E-state index is 11.3. The molecule has 156 valence electrons. The van der Waals surface area contributed by atoms with Crippen LogP contribution in [0.15, 0.2) is 0 Å². The van der Waals surface area contributed by atoms with Gasteiger partial charge in [-0.25, -0.2) is 4.79 Å². The predicted molar refractivity (Wildman–Crippen MR) is 82.0 cm³/mol. The number of aldehydes is 1. The van der Waals surface area contributed by atoms with Gasteiger partial charge in [0.05, 0.1) is 6.61 Å². The van der Waals surface area contributed by atoms with Crippen molar-refractivity contribution in [3.05, 3.63) is 0 Å². The van der Waals surface area contributed by atoms with E-state index in [9.17, 15) is 39.9 Å². The van der Waals surface area contributed by atoms with Gasteiger partial charge in [-0.3, -0.25) is 4.79 Å². The van der Waals surface area contributed by atoms with Crippen molar-refractivity contribution < 1.29 is 59.6 Å². The standard InChI is InChI=1S/C14H23NO12/c1-4(18)15-5(2-16)11(7(20)6(19)3-17)26-14-10(23)8(21)9(22)12(27-14)13(24)25/h2,5-12,14,17,19-23H,3H2,1H3,(H,15,18)(H,24,25). The summed E-state index contributed by atoms with van der Waals surface area (Å²) in [5, 5.41) is 69.1. The Labute approximate surface area is 152 Å². The molecule has 0 aromatic carbocycles. The minimum Gasteiger partial charge on any atom is -0.479 e. The molecule has 13 nitrogen and oxygen atoms in total. The molecule has 0 aromatic rings. The van der Waals surface area contributed by atoms with Crippen LogP contribution in [0, 0.1) is 0 Å². The summed E-state index contributed by atoms with van der Waals surface area (Å²) in [5.74, 6) is -2.42. The number of ether oxygens (including phenoxy) is 2. The molecule has 0 spiro atoms. The quantitative estimate of drug-likeness (QED) is 0.171. The summed E-state index contributed by atoms with van der Waals surface area (Å²) in [7, 11) is 0. The zero-order valence-corrected chi connectivity index (χ0v) is 14.2. The first-order valence-corrected chi connectivity index (χ1v) is 7.82. The Kier molecular flexibility index (Phi) is 8.64. The largest absolute Gasteiger partial charge is 0.479 e. The smallest absolute Gasteiger partial charge is 0.335 e. The molecule has 9 unspecified atom stereocenters. The fraction of sp³-hybridized carbons (Fsp3) is 0.786. The highest BCUT2D eigenvalue weighted by Crippen LogP contribution is 2.25. The Bertz CT molecular complexity index is 530. The normalized spacial score (nSPS) is 32.8. The number of aliphatic carboxylic acids is 1. The lowest BCUT2D eigenvalue weighted by molar-refractivity contribution is -0.314. The third-order valence-corrected chi connectivity index (χ3v) is 3.89. The van der Waals surface area contributed by atoms with Crippen LogP contribution in [-0.2, 0) is 23.9 Å². The van der Waals surface area contributed by atoms with E-state index in [1.807, 2.05) is 0 Å². The summed E-state index contributed by atoms with van der Waals surface area (Å²) < 4.78 is 10.0. The number of hydrogen-bond acceptors (Lipinski definition) is 11. The van der Waals surface area contributed by atoms with Crippen molar-refractivity contribution in [3.63, 3.8) is 0 Å². The molecule has 0 aromatic heterocycles. The molecule has 27 heavy (non-hydrogen) atoms. The second kappa shape index (κ2) is 10.0. The molecule has 1 aliphatic rings. The van der Waals surface area contributed by atoms with Gasteiger partial charge in [0.2, 0.25) is 5.91 Å². The Hall–Kier alpha value is -1.71. The van der Waals surface area contributed by atoms with Crippen LogP contribution in [0.5, 0.6) is 0 Å². The second-order valence-electron chi connectivity index (χ2n) is 5.94. The second-order valence-corrected chi connectivity index (χ2v) is 5.94. The minimum absolute atomic E-state index is 0.133. The van der Waals surface area contributed by atoms with E-state index in [1.165, 1.54) is 0 Å². The van der Waals surface area contributed by atoms with E-state index in [0.717, 1.165) is 6.92 Å². The summed E-state index contributed by atoms with van der Waals surface area (Å²) in [6.07, 6.45) is -15.5. The van der Waals surface area contributed by atoms with Gasteiger partial charge in [0, 0.05) is 6.92 Å². The lowest BCUT2D eigenvalue weighted by atomic mass is 9.98. The van der Waals surface area contributed by atoms with Gasteiger partial charge < -0.3 is 55.3 Å². The maximum Gasteiger partial charge on any atom is 0.335 e. The van der Waals surface area contributed by atoms with Gasteiger partial charge in [-0.1, -0.05) is 0 Å². The Morgan fingerprint density at radius 1 is 1.19 bits per heavy atom. The monoisotopic (exact) mass is 397 g/mol. The van der Waals surface area contributed by atoms with Gasteiger partial charge in [0.15, 0.2) is 12.4 Å². The number of nitrogens with one attached hydrogen (secondary N) is 1. The summed E-state index contributed by atoms with van der Waals surface area (Å²) in [6, 6.07) is -1.60. The SMILES string of the molecule is CC(=O)NC(C=O)C(OC1OC(C(=O)O)C(O)C(O)C1O)C(O)C(O)CO. The topological polar surface area (TPSA) is 223 Å². The highest BCUT2D eigenvalue weighted by molar-refractivity contribution is 5.77. The molecule has 0 bridgehead atoms. The minimum atomic E-state index is -2.01. The number of carboxylic acids is 1. The highest BCUT2D eigenvalue weighted by atomic mass is 16.7. The van der Waals surface area contributed by atoms with Gasteiger partial charge in [0.25, 0.3) is 0 Å². The van der Waals surface area contributed by atoms with Crippen molar-refractivity contribution in [3.8, 4) is 0 Å². The molecule has 1 aliphatic heterocycles. The van der Waals surface area contributed by atoms with Gasteiger partial charge in [-0.05, 0) is 0 Å². The molecule has 0 radical (unpaired) electrons. The summed E-state index contributed by atoms with van der Waals surface area (Å²) in [6.45, 7) is 0.0782.